The van der Waals surface area contributed by atoms with E-state index in [1.807, 2.05) is 25.9 Å². The van der Waals surface area contributed by atoms with Crippen molar-refractivity contribution in [1.82, 2.24) is 30.1 Å². The lowest BCUT2D eigenvalue weighted by Crippen LogP contribution is -2.50. The maximum absolute atomic E-state index is 11.7. The van der Waals surface area contributed by atoms with Crippen molar-refractivity contribution in [2.24, 2.45) is 0 Å². The normalized spacial score (nSPS) is 17.5. The van der Waals surface area contributed by atoms with E-state index in [0.29, 0.717) is 24.9 Å². The van der Waals surface area contributed by atoms with Gasteiger partial charge in [-0.15, -0.1) is 0 Å². The Morgan fingerprint density at radius 2 is 1.92 bits per heavy atom. The molecule has 0 saturated carbocycles. The number of amides is 1. The Labute approximate surface area is 143 Å². The molecule has 0 aromatic carbocycles. The van der Waals surface area contributed by atoms with Crippen LogP contribution in [0.4, 0.5) is 11.9 Å². The number of rotatable bonds is 6. The first-order valence-corrected chi connectivity index (χ1v) is 8.32. The monoisotopic (exact) mass is 336 g/mol. The fraction of sp³-hybridized carbons (Fsp3) is 0.733. The summed E-state index contributed by atoms with van der Waals surface area (Å²) in [5.74, 6) is 1.58. The molecule has 1 aromatic heterocycles. The predicted octanol–water partition coefficient (Wildman–Crippen LogP) is -0.665. The molecule has 9 heteroatoms. The van der Waals surface area contributed by atoms with E-state index in [1.54, 1.807) is 0 Å². The van der Waals surface area contributed by atoms with E-state index in [9.17, 15) is 4.79 Å². The summed E-state index contributed by atoms with van der Waals surface area (Å²) >= 11 is 0. The summed E-state index contributed by atoms with van der Waals surface area (Å²) in [4.78, 5) is 30.9. The van der Waals surface area contributed by atoms with Gasteiger partial charge in [-0.25, -0.2) is 0 Å². The number of nitrogen functional groups attached to an aromatic ring is 1. The molecule has 134 valence electrons. The first-order valence-electron chi connectivity index (χ1n) is 8.32. The van der Waals surface area contributed by atoms with Gasteiger partial charge in [-0.05, 0) is 13.8 Å². The lowest BCUT2D eigenvalue weighted by atomic mass is 10.2. The Morgan fingerprint density at radius 1 is 1.25 bits per heavy atom. The van der Waals surface area contributed by atoms with Crippen LogP contribution in [0.25, 0.3) is 0 Å². The van der Waals surface area contributed by atoms with Crippen molar-refractivity contribution in [2.45, 2.75) is 19.9 Å². The third-order valence-corrected chi connectivity index (χ3v) is 4.13. The zero-order valence-electron chi connectivity index (χ0n) is 15.0. The van der Waals surface area contributed by atoms with E-state index in [2.05, 4.69) is 37.0 Å². The van der Waals surface area contributed by atoms with Crippen LogP contribution in [0.5, 0.6) is 0 Å². The first kappa shape index (κ1) is 18.3. The summed E-state index contributed by atoms with van der Waals surface area (Å²) in [7, 11) is 3.76. The van der Waals surface area contributed by atoms with Gasteiger partial charge in [0.2, 0.25) is 17.8 Å². The number of nitrogens with one attached hydrogen (secondary N) is 1. The number of aromatic nitrogens is 3. The second kappa shape index (κ2) is 8.20. The van der Waals surface area contributed by atoms with Gasteiger partial charge in [-0.2, -0.15) is 15.0 Å². The Balaban J connectivity index is 1.95. The quantitative estimate of drug-likeness (QED) is 0.705. The molecule has 0 spiro atoms. The summed E-state index contributed by atoms with van der Waals surface area (Å²) in [6.45, 7) is 8.57. The maximum atomic E-state index is 11.7. The van der Waals surface area contributed by atoms with Crippen LogP contribution in [-0.4, -0.2) is 84.0 Å². The number of likely N-dealkylation sites (N-methyl/N-ethyl adjacent to an activating group) is 1. The van der Waals surface area contributed by atoms with Crippen LogP contribution in [0.3, 0.4) is 0 Å². The minimum absolute atomic E-state index is 0.0561. The highest BCUT2D eigenvalue weighted by molar-refractivity contribution is 5.77. The van der Waals surface area contributed by atoms with Gasteiger partial charge >= 0.3 is 0 Å². The Kier molecular flexibility index (Phi) is 6.27. The summed E-state index contributed by atoms with van der Waals surface area (Å²) < 4.78 is 0. The number of hydrogen-bond acceptors (Lipinski definition) is 8. The summed E-state index contributed by atoms with van der Waals surface area (Å²) in [6.07, 6.45) is 0. The van der Waals surface area contributed by atoms with Gasteiger partial charge in [0.25, 0.3) is 0 Å². The van der Waals surface area contributed by atoms with Crippen LogP contribution >= 0.6 is 0 Å². The fourth-order valence-corrected chi connectivity index (χ4v) is 2.71. The van der Waals surface area contributed by atoms with Gasteiger partial charge in [-0.3, -0.25) is 14.6 Å². The number of piperazine rings is 1. The smallest absolute Gasteiger partial charge is 0.234 e. The van der Waals surface area contributed by atoms with Crippen LogP contribution < -0.4 is 16.0 Å². The van der Waals surface area contributed by atoms with E-state index in [0.717, 1.165) is 26.2 Å². The zero-order valence-corrected chi connectivity index (χ0v) is 15.0. The van der Waals surface area contributed by atoms with Crippen LogP contribution in [0.1, 0.15) is 25.7 Å². The van der Waals surface area contributed by atoms with Gasteiger partial charge in [0, 0.05) is 46.8 Å². The molecule has 24 heavy (non-hydrogen) atoms. The molecule has 2 heterocycles. The molecule has 0 bridgehead atoms. The van der Waals surface area contributed by atoms with Crippen molar-refractivity contribution in [3.8, 4) is 0 Å². The molecule has 1 atom stereocenters. The minimum atomic E-state index is 0.0561. The standard InChI is InChI=1S/C15H28N8O/c1-5-17-12(24)10-22-6-8-23(9-7-22)11(2)13-18-14(16)20-15(19-13)21(3)4/h11H,5-10H2,1-4H3,(H,17,24)(H2,16,18,19,20). The molecule has 1 aliphatic heterocycles. The van der Waals surface area contributed by atoms with E-state index in [4.69, 9.17) is 5.73 Å². The molecule has 9 nitrogen and oxygen atoms in total. The zero-order chi connectivity index (χ0) is 17.7. The van der Waals surface area contributed by atoms with Gasteiger partial charge < -0.3 is 16.0 Å². The van der Waals surface area contributed by atoms with Crippen LogP contribution in [0.15, 0.2) is 0 Å². The molecular formula is C15H28N8O. The van der Waals surface area contributed by atoms with Gasteiger partial charge in [0.05, 0.1) is 12.6 Å². The van der Waals surface area contributed by atoms with E-state index >= 15 is 0 Å². The summed E-state index contributed by atoms with van der Waals surface area (Å²) in [6, 6.07) is 0.0561. The lowest BCUT2D eigenvalue weighted by Gasteiger charge is -2.37. The van der Waals surface area contributed by atoms with Crippen molar-refractivity contribution in [2.75, 3.05) is 64.0 Å². The van der Waals surface area contributed by atoms with Crippen molar-refractivity contribution in [3.05, 3.63) is 5.82 Å². The molecule has 1 fully saturated rings. The molecule has 0 aliphatic carbocycles. The van der Waals surface area contributed by atoms with E-state index in [-0.39, 0.29) is 17.9 Å². The molecule has 1 aliphatic rings. The predicted molar refractivity (Wildman–Crippen MR) is 93.7 cm³/mol. The van der Waals surface area contributed by atoms with E-state index < -0.39 is 0 Å². The number of carbonyl (C=O) groups excluding carboxylic acids is 1. The number of nitrogens with zero attached hydrogens (tertiary/aromatic N) is 6. The molecule has 1 aromatic rings. The Bertz CT molecular complexity index is 556. The van der Waals surface area contributed by atoms with Crippen molar-refractivity contribution < 1.29 is 4.79 Å². The molecule has 1 amide bonds. The maximum Gasteiger partial charge on any atom is 0.234 e. The molecule has 2 rings (SSSR count). The van der Waals surface area contributed by atoms with Crippen LogP contribution in [0, 0.1) is 0 Å². The SMILES string of the molecule is CCNC(=O)CN1CCN(C(C)c2nc(N)nc(N(C)C)n2)CC1. The molecule has 0 radical (unpaired) electrons. The number of nitrogens with two attached hydrogens (primary N) is 1. The van der Waals surface area contributed by atoms with Crippen molar-refractivity contribution in [3.63, 3.8) is 0 Å². The van der Waals surface area contributed by atoms with Gasteiger partial charge in [0.15, 0.2) is 5.82 Å². The summed E-state index contributed by atoms with van der Waals surface area (Å²) in [5, 5.41) is 2.84. The van der Waals surface area contributed by atoms with Gasteiger partial charge in [0.1, 0.15) is 0 Å². The Hall–Kier alpha value is -2.00. The number of anilines is 2. The molecule has 3 N–H and O–H groups in total. The van der Waals surface area contributed by atoms with Crippen LogP contribution in [0.2, 0.25) is 0 Å². The highest BCUT2D eigenvalue weighted by atomic mass is 16.2. The topological polar surface area (TPSA) is 104 Å². The average molecular weight is 336 g/mol. The highest BCUT2D eigenvalue weighted by Crippen LogP contribution is 2.20. The second-order valence-corrected chi connectivity index (χ2v) is 6.19. The largest absolute Gasteiger partial charge is 0.368 e. The van der Waals surface area contributed by atoms with E-state index in [1.165, 1.54) is 0 Å². The fourth-order valence-electron chi connectivity index (χ4n) is 2.71. The lowest BCUT2D eigenvalue weighted by molar-refractivity contribution is -0.122. The molecular weight excluding hydrogens is 308 g/mol. The summed E-state index contributed by atoms with van der Waals surface area (Å²) in [5.41, 5.74) is 5.81. The molecule has 1 unspecified atom stereocenters. The third kappa shape index (κ3) is 4.75. The van der Waals surface area contributed by atoms with Gasteiger partial charge in [-0.1, -0.05) is 0 Å². The second-order valence-electron chi connectivity index (χ2n) is 6.19. The highest BCUT2D eigenvalue weighted by Gasteiger charge is 2.25. The average Bonchev–Trinajstić information content (AvgIpc) is 2.54. The van der Waals surface area contributed by atoms with Crippen molar-refractivity contribution in [1.29, 1.82) is 0 Å². The number of hydrogen-bond donors (Lipinski definition) is 2. The molecule has 1 saturated heterocycles. The minimum Gasteiger partial charge on any atom is -0.368 e. The third-order valence-electron chi connectivity index (χ3n) is 4.13. The number of carbonyl (C=O) groups is 1. The van der Waals surface area contributed by atoms with Crippen molar-refractivity contribution >= 4 is 17.8 Å². The Morgan fingerprint density at radius 3 is 2.50 bits per heavy atom. The first-order chi connectivity index (χ1) is 11.4. The van der Waals surface area contributed by atoms with Crippen LogP contribution in [-0.2, 0) is 4.79 Å².